The first-order valence-electron chi connectivity index (χ1n) is 13.8. The molecular formula is C31H31FN4O6S. The highest BCUT2D eigenvalue weighted by molar-refractivity contribution is 7.99. The lowest BCUT2D eigenvalue weighted by atomic mass is 10.1. The zero-order valence-corrected chi connectivity index (χ0v) is 24.4. The van der Waals surface area contributed by atoms with Gasteiger partial charge in [0.05, 0.1) is 23.8 Å². The molecule has 2 amide bonds. The van der Waals surface area contributed by atoms with Gasteiger partial charge in [0.2, 0.25) is 18.6 Å². The number of unbranched alkanes of at least 4 members (excludes halogenated alkanes) is 2. The zero-order valence-electron chi connectivity index (χ0n) is 23.6. The number of carbonyl (C=O) groups excluding carboxylic acids is 2. The standard InChI is InChI=1S/C31H31FN4O6S/c1-40-23-12-6-20(7-13-23)17-33-28(37)5-3-2-4-14-36-30(39)24-15-26-27(42-19-41-26)16-25(24)35-31(36)43-18-29(38)34-22-10-8-21(32)9-11-22/h6-13,15-16H,2-5,14,17-19H2,1H3,(H,33,37)(H,34,38). The number of thioether (sulfide) groups is 1. The molecule has 3 aromatic carbocycles. The minimum absolute atomic E-state index is 0.00571. The first kappa shape index (κ1) is 29.9. The van der Waals surface area contributed by atoms with Crippen LogP contribution in [0.15, 0.2) is 70.6 Å². The summed E-state index contributed by atoms with van der Waals surface area (Å²) in [6, 6.07) is 16.3. The Bertz CT molecular complexity index is 1660. The Morgan fingerprint density at radius 3 is 2.49 bits per heavy atom. The van der Waals surface area contributed by atoms with Gasteiger partial charge in [0.15, 0.2) is 16.7 Å². The second-order valence-corrected chi connectivity index (χ2v) is 10.8. The molecule has 4 aromatic rings. The number of halogens is 1. The van der Waals surface area contributed by atoms with Gasteiger partial charge in [-0.2, -0.15) is 0 Å². The number of hydrogen-bond acceptors (Lipinski definition) is 8. The fraction of sp³-hybridized carbons (Fsp3) is 0.290. The predicted octanol–water partition coefficient (Wildman–Crippen LogP) is 4.88. The maximum absolute atomic E-state index is 13.6. The number of methoxy groups -OCH3 is 1. The fourth-order valence-corrected chi connectivity index (χ4v) is 5.35. The van der Waals surface area contributed by atoms with E-state index in [0.717, 1.165) is 29.5 Å². The van der Waals surface area contributed by atoms with Gasteiger partial charge in [-0.25, -0.2) is 9.37 Å². The van der Waals surface area contributed by atoms with Gasteiger partial charge < -0.3 is 24.8 Å². The van der Waals surface area contributed by atoms with Crippen molar-refractivity contribution in [3.63, 3.8) is 0 Å². The quantitative estimate of drug-likeness (QED) is 0.126. The molecule has 0 radical (unpaired) electrons. The van der Waals surface area contributed by atoms with Crippen molar-refractivity contribution >= 4 is 40.2 Å². The number of aromatic nitrogens is 2. The molecule has 0 fully saturated rings. The van der Waals surface area contributed by atoms with Crippen LogP contribution >= 0.6 is 11.8 Å². The smallest absolute Gasteiger partial charge is 0.262 e. The zero-order chi connectivity index (χ0) is 30.2. The van der Waals surface area contributed by atoms with E-state index >= 15 is 0 Å². The Morgan fingerprint density at radius 2 is 1.74 bits per heavy atom. The highest BCUT2D eigenvalue weighted by Gasteiger charge is 2.20. The van der Waals surface area contributed by atoms with Gasteiger partial charge >= 0.3 is 0 Å². The normalized spacial score (nSPS) is 11.9. The van der Waals surface area contributed by atoms with Gasteiger partial charge in [-0.15, -0.1) is 0 Å². The Labute approximate surface area is 251 Å². The van der Waals surface area contributed by atoms with Crippen molar-refractivity contribution < 1.29 is 28.2 Å². The number of amides is 2. The van der Waals surface area contributed by atoms with E-state index in [1.807, 2.05) is 24.3 Å². The lowest BCUT2D eigenvalue weighted by Crippen LogP contribution is -2.25. The summed E-state index contributed by atoms with van der Waals surface area (Å²) in [4.78, 5) is 43.2. The molecule has 1 aliphatic heterocycles. The third kappa shape index (κ3) is 7.83. The summed E-state index contributed by atoms with van der Waals surface area (Å²) in [5.74, 6) is 0.992. The van der Waals surface area contributed by atoms with Gasteiger partial charge in [0, 0.05) is 31.3 Å². The second-order valence-electron chi connectivity index (χ2n) is 9.85. The molecule has 2 heterocycles. The summed E-state index contributed by atoms with van der Waals surface area (Å²) in [6.45, 7) is 0.874. The lowest BCUT2D eigenvalue weighted by Gasteiger charge is -2.14. The monoisotopic (exact) mass is 606 g/mol. The highest BCUT2D eigenvalue weighted by Crippen LogP contribution is 2.35. The van der Waals surface area contributed by atoms with Crippen molar-refractivity contribution in [1.82, 2.24) is 14.9 Å². The molecule has 0 atom stereocenters. The second kappa shape index (κ2) is 14.1. The lowest BCUT2D eigenvalue weighted by molar-refractivity contribution is -0.121. The van der Waals surface area contributed by atoms with Gasteiger partial charge in [-0.05, 0) is 60.9 Å². The summed E-state index contributed by atoms with van der Waals surface area (Å²) in [6.07, 6.45) is 2.39. The largest absolute Gasteiger partial charge is 0.497 e. The van der Waals surface area contributed by atoms with Crippen LogP contribution in [0.5, 0.6) is 17.2 Å². The molecule has 0 saturated heterocycles. The van der Waals surface area contributed by atoms with Crippen LogP contribution in [-0.2, 0) is 22.7 Å². The SMILES string of the molecule is COc1ccc(CNC(=O)CCCCCn2c(SCC(=O)Nc3ccc(F)cc3)nc3cc4c(cc3c2=O)OCO4)cc1. The Kier molecular flexibility index (Phi) is 9.77. The van der Waals surface area contributed by atoms with E-state index in [2.05, 4.69) is 15.6 Å². The first-order chi connectivity index (χ1) is 20.9. The molecule has 12 heteroatoms. The Morgan fingerprint density at radius 1 is 1.00 bits per heavy atom. The number of ether oxygens (including phenoxy) is 3. The van der Waals surface area contributed by atoms with Crippen LogP contribution in [0.2, 0.25) is 0 Å². The maximum atomic E-state index is 13.6. The van der Waals surface area contributed by atoms with Crippen molar-refractivity contribution in [2.75, 3.05) is 25.0 Å². The van der Waals surface area contributed by atoms with Crippen LogP contribution in [0.4, 0.5) is 10.1 Å². The molecule has 5 rings (SSSR count). The molecule has 0 bridgehead atoms. The number of nitrogens with zero attached hydrogens (tertiary/aromatic N) is 2. The van der Waals surface area contributed by atoms with E-state index in [1.165, 1.54) is 24.3 Å². The van der Waals surface area contributed by atoms with Gasteiger partial charge in [0.25, 0.3) is 5.56 Å². The molecule has 1 aliphatic rings. The third-order valence-electron chi connectivity index (χ3n) is 6.81. The van der Waals surface area contributed by atoms with Crippen LogP contribution in [0, 0.1) is 5.82 Å². The van der Waals surface area contributed by atoms with Crippen LogP contribution in [-0.4, -0.2) is 41.0 Å². The maximum Gasteiger partial charge on any atom is 0.262 e. The number of fused-ring (bicyclic) bond motifs is 2. The molecule has 43 heavy (non-hydrogen) atoms. The molecule has 0 spiro atoms. The number of anilines is 1. The topological polar surface area (TPSA) is 121 Å². The average molecular weight is 607 g/mol. The summed E-state index contributed by atoms with van der Waals surface area (Å²) < 4.78 is 30.8. The van der Waals surface area contributed by atoms with E-state index in [4.69, 9.17) is 14.2 Å². The van der Waals surface area contributed by atoms with E-state index < -0.39 is 5.82 Å². The highest BCUT2D eigenvalue weighted by atomic mass is 32.2. The fourth-order valence-electron chi connectivity index (χ4n) is 4.52. The van der Waals surface area contributed by atoms with E-state index in [-0.39, 0.29) is 29.9 Å². The molecule has 1 aromatic heterocycles. The molecule has 0 saturated carbocycles. The molecule has 224 valence electrons. The summed E-state index contributed by atoms with van der Waals surface area (Å²) in [5.41, 5.74) is 1.65. The van der Waals surface area contributed by atoms with Crippen molar-refractivity contribution in [3.05, 3.63) is 82.4 Å². The minimum Gasteiger partial charge on any atom is -0.497 e. The number of nitrogens with one attached hydrogen (secondary N) is 2. The van der Waals surface area contributed by atoms with Crippen LogP contribution < -0.4 is 30.4 Å². The van der Waals surface area contributed by atoms with Crippen molar-refractivity contribution in [2.45, 2.75) is 43.9 Å². The molecule has 2 N–H and O–H groups in total. The Balaban J connectivity index is 1.19. The average Bonchev–Trinajstić information content (AvgIpc) is 3.48. The Hall–Kier alpha value is -4.58. The molecule has 10 nitrogen and oxygen atoms in total. The number of hydrogen-bond donors (Lipinski definition) is 2. The summed E-state index contributed by atoms with van der Waals surface area (Å²) >= 11 is 1.14. The molecular weight excluding hydrogens is 575 g/mol. The minimum atomic E-state index is -0.396. The van der Waals surface area contributed by atoms with E-state index in [9.17, 15) is 18.8 Å². The summed E-state index contributed by atoms with van der Waals surface area (Å²) in [7, 11) is 1.61. The molecule has 0 aliphatic carbocycles. The van der Waals surface area contributed by atoms with Gasteiger partial charge in [0.1, 0.15) is 11.6 Å². The van der Waals surface area contributed by atoms with E-state index in [0.29, 0.717) is 65.6 Å². The molecule has 0 unspecified atom stereocenters. The predicted molar refractivity (Wildman–Crippen MR) is 161 cm³/mol. The van der Waals surface area contributed by atoms with E-state index in [1.54, 1.807) is 23.8 Å². The van der Waals surface area contributed by atoms with Crippen LogP contribution in [0.3, 0.4) is 0 Å². The number of rotatable bonds is 13. The number of benzene rings is 3. The van der Waals surface area contributed by atoms with Crippen molar-refractivity contribution in [3.8, 4) is 17.2 Å². The third-order valence-corrected chi connectivity index (χ3v) is 7.78. The van der Waals surface area contributed by atoms with Crippen LogP contribution in [0.25, 0.3) is 10.9 Å². The summed E-state index contributed by atoms with van der Waals surface area (Å²) in [5, 5.41) is 6.43. The first-order valence-corrected chi connectivity index (χ1v) is 14.8. The van der Waals surface area contributed by atoms with Gasteiger partial charge in [-0.1, -0.05) is 30.3 Å². The van der Waals surface area contributed by atoms with Gasteiger partial charge in [-0.3, -0.25) is 19.0 Å². The number of carbonyl (C=O) groups is 2. The van der Waals surface area contributed by atoms with Crippen LogP contribution in [0.1, 0.15) is 31.2 Å². The van der Waals surface area contributed by atoms with Crippen molar-refractivity contribution in [1.29, 1.82) is 0 Å². The van der Waals surface area contributed by atoms with Crippen molar-refractivity contribution in [2.24, 2.45) is 0 Å².